The Hall–Kier alpha value is -0.370. The van der Waals surface area contributed by atoms with Gasteiger partial charge in [-0.2, -0.15) is 0 Å². The summed E-state index contributed by atoms with van der Waals surface area (Å²) in [4.78, 5) is 9.44. The van der Waals surface area contributed by atoms with Crippen LogP contribution in [0.4, 0.5) is 0 Å². The number of Topliss-reactive ketones (excluding diaryl/α,β-unsaturated/α-hetero) is 1. The van der Waals surface area contributed by atoms with E-state index in [4.69, 9.17) is 5.11 Å². The molecular formula is C7H14O2. The quantitative estimate of drug-likeness (QED) is 0.574. The molecule has 0 saturated heterocycles. The van der Waals surface area contributed by atoms with Crippen LogP contribution in [0, 0.1) is 5.92 Å². The maximum atomic E-state index is 9.44. The number of carbonyl (C=O) groups is 1. The third-order valence-electron chi connectivity index (χ3n) is 0.955. The zero-order valence-corrected chi connectivity index (χ0v) is 6.05. The van der Waals surface area contributed by atoms with Crippen LogP contribution in [0.25, 0.3) is 0 Å². The molecule has 0 aliphatic heterocycles. The molecule has 54 valence electrons. The summed E-state index contributed by atoms with van der Waals surface area (Å²) in [6.45, 7) is 3.47. The van der Waals surface area contributed by atoms with Crippen molar-refractivity contribution in [2.24, 2.45) is 5.92 Å². The molecule has 2 nitrogen and oxygen atoms in total. The molecule has 1 N–H and O–H groups in total. The lowest BCUT2D eigenvalue weighted by atomic mass is 10.5. The van der Waals surface area contributed by atoms with Crippen LogP contribution in [-0.2, 0) is 4.79 Å². The summed E-state index contributed by atoms with van der Waals surface area (Å²) in [7, 11) is 0. The lowest BCUT2D eigenvalue weighted by molar-refractivity contribution is -0.114. The van der Waals surface area contributed by atoms with Crippen LogP contribution in [0.3, 0.4) is 0 Å². The van der Waals surface area contributed by atoms with Gasteiger partial charge in [0.15, 0.2) is 0 Å². The van der Waals surface area contributed by atoms with Crippen molar-refractivity contribution in [2.45, 2.75) is 26.7 Å². The fourth-order valence-corrected chi connectivity index (χ4v) is 0.300. The van der Waals surface area contributed by atoms with Crippen LogP contribution in [0.5, 0.6) is 0 Å². The van der Waals surface area contributed by atoms with E-state index in [-0.39, 0.29) is 5.78 Å². The fraction of sp³-hybridized carbons (Fsp3) is 0.857. The van der Waals surface area contributed by atoms with Crippen molar-refractivity contribution in [3.8, 4) is 0 Å². The number of aliphatic hydroxyl groups excluding tert-OH is 1. The highest BCUT2D eigenvalue weighted by molar-refractivity contribution is 5.72. The Kier molecular flexibility index (Phi) is 4.32. The van der Waals surface area contributed by atoms with Gasteiger partial charge >= 0.3 is 0 Å². The van der Waals surface area contributed by atoms with Gasteiger partial charge in [0.1, 0.15) is 5.78 Å². The Balaban J connectivity index is 0.000000148. The Labute approximate surface area is 55.9 Å². The van der Waals surface area contributed by atoms with Gasteiger partial charge in [0.25, 0.3) is 0 Å². The lowest BCUT2D eigenvalue weighted by Gasteiger charge is -1.73. The van der Waals surface area contributed by atoms with Crippen molar-refractivity contribution in [3.63, 3.8) is 0 Å². The average Bonchev–Trinajstić information content (AvgIpc) is 2.43. The fourth-order valence-electron chi connectivity index (χ4n) is 0.300. The predicted octanol–water partition coefficient (Wildman–Crippen LogP) is 0.984. The number of aliphatic hydroxyl groups is 1. The third kappa shape index (κ3) is 11.3. The second kappa shape index (κ2) is 4.50. The molecule has 0 radical (unpaired) electrons. The Morgan fingerprint density at radius 1 is 1.56 bits per heavy atom. The minimum absolute atomic E-state index is 0.167. The second-order valence-corrected chi connectivity index (χ2v) is 2.53. The SMILES string of the molecule is CC(C)=O.OCC1CC1. The Morgan fingerprint density at radius 2 is 1.89 bits per heavy atom. The largest absolute Gasteiger partial charge is 0.396 e. The van der Waals surface area contributed by atoms with E-state index >= 15 is 0 Å². The molecule has 1 fully saturated rings. The highest BCUT2D eigenvalue weighted by Crippen LogP contribution is 2.27. The third-order valence-corrected chi connectivity index (χ3v) is 0.955. The number of hydrogen-bond donors (Lipinski definition) is 1. The summed E-state index contributed by atoms with van der Waals surface area (Å²) in [5, 5.41) is 8.21. The van der Waals surface area contributed by atoms with Crippen LogP contribution >= 0.6 is 0 Å². The van der Waals surface area contributed by atoms with E-state index in [2.05, 4.69) is 0 Å². The molecule has 0 amide bonds. The highest BCUT2D eigenvalue weighted by atomic mass is 16.3. The maximum absolute atomic E-state index is 9.44. The van der Waals surface area contributed by atoms with E-state index in [0.717, 1.165) is 0 Å². The monoisotopic (exact) mass is 130 g/mol. The summed E-state index contributed by atoms with van der Waals surface area (Å²) in [6.07, 6.45) is 2.52. The van der Waals surface area contributed by atoms with Crippen molar-refractivity contribution in [1.82, 2.24) is 0 Å². The van der Waals surface area contributed by atoms with Crippen molar-refractivity contribution in [3.05, 3.63) is 0 Å². The Morgan fingerprint density at radius 3 is 1.89 bits per heavy atom. The number of ketones is 1. The van der Waals surface area contributed by atoms with Gasteiger partial charge in [-0.1, -0.05) is 0 Å². The first kappa shape index (κ1) is 8.63. The predicted molar refractivity (Wildman–Crippen MR) is 36.2 cm³/mol. The summed E-state index contributed by atoms with van der Waals surface area (Å²) >= 11 is 0. The molecule has 1 aliphatic rings. The van der Waals surface area contributed by atoms with Crippen molar-refractivity contribution in [2.75, 3.05) is 6.61 Å². The molecule has 1 saturated carbocycles. The zero-order chi connectivity index (χ0) is 7.28. The van der Waals surface area contributed by atoms with Crippen molar-refractivity contribution < 1.29 is 9.90 Å². The minimum atomic E-state index is 0.167. The molecule has 0 aromatic rings. The molecule has 0 atom stereocenters. The van der Waals surface area contributed by atoms with E-state index in [1.807, 2.05) is 0 Å². The molecule has 1 rings (SSSR count). The zero-order valence-electron chi connectivity index (χ0n) is 6.05. The summed E-state index contributed by atoms with van der Waals surface area (Å²) in [6, 6.07) is 0. The van der Waals surface area contributed by atoms with Crippen molar-refractivity contribution >= 4 is 5.78 Å². The van der Waals surface area contributed by atoms with Gasteiger partial charge in [-0.15, -0.1) is 0 Å². The number of hydrogen-bond acceptors (Lipinski definition) is 2. The first-order valence-electron chi connectivity index (χ1n) is 3.25. The van der Waals surface area contributed by atoms with Gasteiger partial charge in [-0.25, -0.2) is 0 Å². The summed E-state index contributed by atoms with van der Waals surface area (Å²) < 4.78 is 0. The van der Waals surface area contributed by atoms with Crippen LogP contribution in [0.15, 0.2) is 0 Å². The highest BCUT2D eigenvalue weighted by Gasteiger charge is 2.18. The van der Waals surface area contributed by atoms with Gasteiger partial charge in [0, 0.05) is 6.61 Å². The first-order chi connectivity index (χ1) is 4.16. The smallest absolute Gasteiger partial charge is 0.126 e. The minimum Gasteiger partial charge on any atom is -0.396 e. The molecule has 9 heavy (non-hydrogen) atoms. The summed E-state index contributed by atoms with van der Waals surface area (Å²) in [5.74, 6) is 0.856. The van der Waals surface area contributed by atoms with Crippen LogP contribution in [-0.4, -0.2) is 17.5 Å². The second-order valence-electron chi connectivity index (χ2n) is 2.53. The summed E-state index contributed by atoms with van der Waals surface area (Å²) in [5.41, 5.74) is 0. The molecule has 0 unspecified atom stereocenters. The lowest BCUT2D eigenvalue weighted by Crippen LogP contribution is -1.78. The van der Waals surface area contributed by atoms with Crippen molar-refractivity contribution in [1.29, 1.82) is 0 Å². The molecule has 0 aromatic heterocycles. The van der Waals surface area contributed by atoms with Gasteiger partial charge in [0.2, 0.25) is 0 Å². The van der Waals surface area contributed by atoms with Gasteiger partial charge in [0.05, 0.1) is 0 Å². The van der Waals surface area contributed by atoms with E-state index in [9.17, 15) is 4.79 Å². The topological polar surface area (TPSA) is 37.3 Å². The number of rotatable bonds is 1. The van der Waals surface area contributed by atoms with Gasteiger partial charge in [-0.3, -0.25) is 0 Å². The van der Waals surface area contributed by atoms with Crippen LogP contribution < -0.4 is 0 Å². The maximum Gasteiger partial charge on any atom is 0.126 e. The standard InChI is InChI=1S/C4H8O.C3H6O/c5-3-4-1-2-4;1-3(2)4/h4-5H,1-3H2;1-2H3. The molecular weight excluding hydrogens is 116 g/mol. The first-order valence-corrected chi connectivity index (χ1v) is 3.25. The van der Waals surface area contributed by atoms with Crippen LogP contribution in [0.2, 0.25) is 0 Å². The molecule has 0 spiro atoms. The van der Waals surface area contributed by atoms with E-state index in [0.29, 0.717) is 12.5 Å². The number of carbonyl (C=O) groups excluding carboxylic acids is 1. The van der Waals surface area contributed by atoms with Gasteiger partial charge < -0.3 is 9.90 Å². The van der Waals surface area contributed by atoms with E-state index < -0.39 is 0 Å². The molecule has 2 heteroatoms. The Bertz CT molecular complexity index is 80.9. The van der Waals surface area contributed by atoms with E-state index in [1.165, 1.54) is 26.7 Å². The average molecular weight is 130 g/mol. The molecule has 0 aromatic carbocycles. The molecule has 0 bridgehead atoms. The normalized spacial score (nSPS) is 15.9. The molecule has 0 heterocycles. The van der Waals surface area contributed by atoms with Gasteiger partial charge in [-0.05, 0) is 32.6 Å². The van der Waals surface area contributed by atoms with E-state index in [1.54, 1.807) is 0 Å². The molecule has 1 aliphatic carbocycles. The van der Waals surface area contributed by atoms with Crippen LogP contribution in [0.1, 0.15) is 26.7 Å².